The Morgan fingerprint density at radius 3 is 2.71 bits per heavy atom. The van der Waals surface area contributed by atoms with Gasteiger partial charge in [0.1, 0.15) is 11.8 Å². The summed E-state index contributed by atoms with van der Waals surface area (Å²) in [5, 5.41) is 11.9. The lowest BCUT2D eigenvalue weighted by Crippen LogP contribution is -2.46. The number of nitrogens with one attached hydrogen (secondary N) is 1. The SMILES string of the molecule is CC(NC1COC1)c1ccc(OCC#N)cc1. The maximum absolute atomic E-state index is 8.41. The average molecular weight is 232 g/mol. The molecule has 17 heavy (non-hydrogen) atoms. The van der Waals surface area contributed by atoms with Crippen LogP contribution < -0.4 is 10.1 Å². The Bertz CT molecular complexity index is 393. The molecule has 1 aromatic carbocycles. The Labute approximate surface area is 101 Å². The second-order valence-electron chi connectivity index (χ2n) is 4.14. The molecule has 0 aromatic heterocycles. The first-order valence-electron chi connectivity index (χ1n) is 5.73. The van der Waals surface area contributed by atoms with Crippen molar-refractivity contribution < 1.29 is 9.47 Å². The number of nitriles is 1. The van der Waals surface area contributed by atoms with Gasteiger partial charge in [-0.15, -0.1) is 0 Å². The highest BCUT2D eigenvalue weighted by Crippen LogP contribution is 2.18. The number of hydrogen-bond acceptors (Lipinski definition) is 4. The molecule has 90 valence electrons. The number of hydrogen-bond donors (Lipinski definition) is 1. The zero-order valence-electron chi connectivity index (χ0n) is 9.85. The standard InChI is InChI=1S/C13H16N2O2/c1-10(15-12-8-16-9-12)11-2-4-13(5-3-11)17-7-6-14/h2-5,10,12,15H,7-9H2,1H3. The van der Waals surface area contributed by atoms with Crippen LogP contribution in [0.2, 0.25) is 0 Å². The predicted molar refractivity (Wildman–Crippen MR) is 63.7 cm³/mol. The van der Waals surface area contributed by atoms with Crippen LogP contribution in [0.25, 0.3) is 0 Å². The minimum atomic E-state index is 0.0898. The molecule has 1 unspecified atom stereocenters. The van der Waals surface area contributed by atoms with Gasteiger partial charge in [-0.3, -0.25) is 0 Å². The van der Waals surface area contributed by atoms with Gasteiger partial charge in [0, 0.05) is 6.04 Å². The largest absolute Gasteiger partial charge is 0.479 e. The van der Waals surface area contributed by atoms with Gasteiger partial charge in [0.25, 0.3) is 0 Å². The van der Waals surface area contributed by atoms with E-state index in [2.05, 4.69) is 12.2 Å². The minimum Gasteiger partial charge on any atom is -0.479 e. The summed E-state index contributed by atoms with van der Waals surface area (Å²) in [7, 11) is 0. The Kier molecular flexibility index (Phi) is 3.97. The summed E-state index contributed by atoms with van der Waals surface area (Å²) in [6.07, 6.45) is 0. The van der Waals surface area contributed by atoms with Crippen LogP contribution in [0, 0.1) is 11.3 Å². The van der Waals surface area contributed by atoms with Crippen molar-refractivity contribution in [3.05, 3.63) is 29.8 Å². The van der Waals surface area contributed by atoms with Gasteiger partial charge in [0.2, 0.25) is 0 Å². The highest BCUT2D eigenvalue weighted by atomic mass is 16.5. The van der Waals surface area contributed by atoms with Gasteiger partial charge in [0.05, 0.1) is 19.3 Å². The van der Waals surface area contributed by atoms with Crippen molar-refractivity contribution in [3.8, 4) is 11.8 Å². The minimum absolute atomic E-state index is 0.0898. The predicted octanol–water partition coefficient (Wildman–Crippen LogP) is 1.64. The van der Waals surface area contributed by atoms with Crippen molar-refractivity contribution in [3.63, 3.8) is 0 Å². The lowest BCUT2D eigenvalue weighted by atomic mass is 10.1. The van der Waals surface area contributed by atoms with Crippen LogP contribution in [0.3, 0.4) is 0 Å². The van der Waals surface area contributed by atoms with Gasteiger partial charge < -0.3 is 14.8 Å². The molecule has 0 spiro atoms. The summed E-state index contributed by atoms with van der Waals surface area (Å²) in [5.41, 5.74) is 1.21. The van der Waals surface area contributed by atoms with Crippen LogP contribution >= 0.6 is 0 Å². The molecule has 0 aliphatic carbocycles. The van der Waals surface area contributed by atoms with E-state index in [0.717, 1.165) is 19.0 Å². The quantitative estimate of drug-likeness (QED) is 0.838. The molecule has 0 radical (unpaired) electrons. The first-order valence-corrected chi connectivity index (χ1v) is 5.73. The smallest absolute Gasteiger partial charge is 0.174 e. The Balaban J connectivity index is 1.89. The van der Waals surface area contributed by atoms with Crippen molar-refractivity contribution in [2.24, 2.45) is 0 Å². The zero-order valence-corrected chi connectivity index (χ0v) is 9.85. The first-order chi connectivity index (χ1) is 8.29. The fraction of sp³-hybridized carbons (Fsp3) is 0.462. The number of rotatable bonds is 5. The molecule has 1 saturated heterocycles. The molecular formula is C13H16N2O2. The van der Waals surface area contributed by atoms with E-state index in [1.807, 2.05) is 30.3 Å². The monoisotopic (exact) mass is 232 g/mol. The molecule has 2 rings (SSSR count). The normalized spacial score (nSPS) is 16.9. The van der Waals surface area contributed by atoms with Gasteiger partial charge in [-0.05, 0) is 24.6 Å². The van der Waals surface area contributed by atoms with Gasteiger partial charge in [-0.2, -0.15) is 5.26 Å². The van der Waals surface area contributed by atoms with E-state index in [4.69, 9.17) is 14.7 Å². The Morgan fingerprint density at radius 1 is 1.47 bits per heavy atom. The van der Waals surface area contributed by atoms with Crippen LogP contribution in [0.15, 0.2) is 24.3 Å². The van der Waals surface area contributed by atoms with Crippen molar-refractivity contribution in [1.29, 1.82) is 5.26 Å². The van der Waals surface area contributed by atoms with Crippen LogP contribution in [-0.4, -0.2) is 25.9 Å². The van der Waals surface area contributed by atoms with Crippen molar-refractivity contribution in [2.45, 2.75) is 19.0 Å². The summed E-state index contributed by atoms with van der Waals surface area (Å²) in [4.78, 5) is 0. The lowest BCUT2D eigenvalue weighted by molar-refractivity contribution is -0.00925. The van der Waals surface area contributed by atoms with E-state index in [1.165, 1.54) is 5.56 Å². The summed E-state index contributed by atoms with van der Waals surface area (Å²) in [6, 6.07) is 10.5. The van der Waals surface area contributed by atoms with Crippen LogP contribution in [-0.2, 0) is 4.74 Å². The summed E-state index contributed by atoms with van der Waals surface area (Å²) in [6.45, 7) is 3.82. The molecule has 0 saturated carbocycles. The number of ether oxygens (including phenoxy) is 2. The van der Waals surface area contributed by atoms with Gasteiger partial charge in [-0.1, -0.05) is 12.1 Å². The highest BCUT2D eigenvalue weighted by Gasteiger charge is 2.20. The van der Waals surface area contributed by atoms with Gasteiger partial charge >= 0.3 is 0 Å². The van der Waals surface area contributed by atoms with Crippen LogP contribution in [0.4, 0.5) is 0 Å². The third-order valence-electron chi connectivity index (χ3n) is 2.81. The van der Waals surface area contributed by atoms with Crippen LogP contribution in [0.1, 0.15) is 18.5 Å². The van der Waals surface area contributed by atoms with Crippen molar-refractivity contribution in [2.75, 3.05) is 19.8 Å². The molecular weight excluding hydrogens is 216 g/mol. The summed E-state index contributed by atoms with van der Waals surface area (Å²) in [5.74, 6) is 0.731. The molecule has 1 aliphatic rings. The molecule has 1 N–H and O–H groups in total. The second kappa shape index (κ2) is 5.67. The molecule has 1 atom stereocenters. The number of benzene rings is 1. The Morgan fingerprint density at radius 2 is 2.18 bits per heavy atom. The van der Waals surface area contributed by atoms with E-state index in [0.29, 0.717) is 12.1 Å². The van der Waals surface area contributed by atoms with E-state index >= 15 is 0 Å². The van der Waals surface area contributed by atoms with E-state index in [1.54, 1.807) is 0 Å². The van der Waals surface area contributed by atoms with Crippen molar-refractivity contribution >= 4 is 0 Å². The van der Waals surface area contributed by atoms with Gasteiger partial charge in [-0.25, -0.2) is 0 Å². The zero-order chi connectivity index (χ0) is 12.1. The van der Waals surface area contributed by atoms with Crippen LogP contribution in [0.5, 0.6) is 5.75 Å². The maximum Gasteiger partial charge on any atom is 0.174 e. The fourth-order valence-electron chi connectivity index (χ4n) is 1.75. The van der Waals surface area contributed by atoms with E-state index in [-0.39, 0.29) is 6.61 Å². The van der Waals surface area contributed by atoms with Crippen molar-refractivity contribution in [1.82, 2.24) is 5.32 Å². The second-order valence-corrected chi connectivity index (χ2v) is 4.14. The maximum atomic E-state index is 8.41. The molecule has 1 heterocycles. The molecule has 1 fully saturated rings. The first kappa shape index (κ1) is 11.9. The lowest BCUT2D eigenvalue weighted by Gasteiger charge is -2.30. The third-order valence-corrected chi connectivity index (χ3v) is 2.81. The van der Waals surface area contributed by atoms with E-state index in [9.17, 15) is 0 Å². The molecule has 0 bridgehead atoms. The average Bonchev–Trinajstić information content (AvgIpc) is 2.31. The summed E-state index contributed by atoms with van der Waals surface area (Å²) < 4.78 is 10.3. The number of nitrogens with zero attached hydrogens (tertiary/aromatic N) is 1. The third kappa shape index (κ3) is 3.19. The Hall–Kier alpha value is -1.57. The molecule has 1 aromatic rings. The fourth-order valence-corrected chi connectivity index (χ4v) is 1.75. The summed E-state index contributed by atoms with van der Waals surface area (Å²) >= 11 is 0. The molecule has 1 aliphatic heterocycles. The van der Waals surface area contributed by atoms with Gasteiger partial charge in [0.15, 0.2) is 6.61 Å². The molecule has 4 nitrogen and oxygen atoms in total. The highest BCUT2D eigenvalue weighted by molar-refractivity contribution is 5.29. The molecule has 4 heteroatoms. The van der Waals surface area contributed by atoms with E-state index < -0.39 is 0 Å². The molecule has 0 amide bonds. The topological polar surface area (TPSA) is 54.3 Å².